The molecule has 5 nitrogen and oxygen atoms in total. The number of hydrogen-bond donors (Lipinski definition) is 1. The standard InChI is InChI=1S/C51H45N5S/c1-55-49(34-19-7-3-8-20-34)53-48(54-50(55)35-21-9-4-10-22-35)41-31-36(38-24-12-11-23-37(38)33-17-5-2-6-18-33)32-52-51(41)56-42-27-15-13-25-39(42)46-43(56)29-30-45-47(46)40-26-14-16-28-44(40)57-45/h3,5,7-9,11-12,14,16-32,40,44,48,50,54H,2,4,6,10,13,15H2,1H3/t40-,44?,48?,50?/m0/s1. The molecule has 5 aromatic rings. The molecule has 0 saturated carbocycles. The number of amidine groups is 1. The number of thioether (sulfide) groups is 1. The van der Waals surface area contributed by atoms with Crippen LogP contribution in [0.4, 0.5) is 0 Å². The Morgan fingerprint density at radius 2 is 1.54 bits per heavy atom. The molecule has 6 aliphatic rings. The van der Waals surface area contributed by atoms with Crippen molar-refractivity contribution in [2.24, 2.45) is 4.99 Å². The highest BCUT2D eigenvalue weighted by Crippen LogP contribution is 2.50. The van der Waals surface area contributed by atoms with Gasteiger partial charge in [-0.15, -0.1) is 11.8 Å². The van der Waals surface area contributed by atoms with Crippen LogP contribution >= 0.6 is 11.8 Å². The van der Waals surface area contributed by atoms with Crippen LogP contribution in [0.25, 0.3) is 45.6 Å². The van der Waals surface area contributed by atoms with Gasteiger partial charge < -0.3 is 4.90 Å². The van der Waals surface area contributed by atoms with E-state index in [1.54, 1.807) is 0 Å². The van der Waals surface area contributed by atoms with Crippen molar-refractivity contribution in [1.29, 1.82) is 0 Å². The number of likely N-dealkylation sites (N-methyl/N-ethyl adjacent to an activating group) is 1. The Hall–Kier alpha value is -5.69. The molecule has 11 rings (SSSR count). The van der Waals surface area contributed by atoms with Crippen LogP contribution in [0.2, 0.25) is 0 Å². The van der Waals surface area contributed by atoms with E-state index in [0.29, 0.717) is 11.2 Å². The van der Waals surface area contributed by atoms with E-state index in [-0.39, 0.29) is 12.3 Å². The van der Waals surface area contributed by atoms with Crippen LogP contribution in [0.3, 0.4) is 0 Å². The first kappa shape index (κ1) is 34.5. The SMILES string of the molecule is CN1C(c2ccccc2)=NC(c2cc(-c3ccccc3C3=CCCC=C3)cnc2-n2c3c(c4c5c(ccc42)SC2C=CC=C[C@H]52)=CCCC=3)NC1C1=CCCC=C1. The van der Waals surface area contributed by atoms with Gasteiger partial charge in [-0.3, -0.25) is 9.88 Å². The van der Waals surface area contributed by atoms with Crippen molar-refractivity contribution < 1.29 is 0 Å². The summed E-state index contributed by atoms with van der Waals surface area (Å²) in [6.07, 6.45) is 36.0. The fourth-order valence-electron chi connectivity index (χ4n) is 9.69. The lowest BCUT2D eigenvalue weighted by atomic mass is 9.89. The zero-order valence-corrected chi connectivity index (χ0v) is 33.0. The highest BCUT2D eigenvalue weighted by Gasteiger charge is 2.36. The lowest BCUT2D eigenvalue weighted by Crippen LogP contribution is -2.53. The van der Waals surface area contributed by atoms with Crippen molar-refractivity contribution in [3.05, 3.63) is 178 Å². The van der Waals surface area contributed by atoms with Crippen molar-refractivity contribution >= 4 is 46.2 Å². The van der Waals surface area contributed by atoms with Crippen molar-refractivity contribution in [2.75, 3.05) is 7.05 Å². The predicted octanol–water partition coefficient (Wildman–Crippen LogP) is 10.0. The summed E-state index contributed by atoms with van der Waals surface area (Å²) in [7, 11) is 2.17. The molecule has 2 aliphatic heterocycles. The molecule has 4 atom stereocenters. The van der Waals surface area contributed by atoms with Gasteiger partial charge in [0.05, 0.1) is 10.9 Å². The average molecular weight is 760 g/mol. The van der Waals surface area contributed by atoms with E-state index >= 15 is 0 Å². The van der Waals surface area contributed by atoms with Gasteiger partial charge in [-0.2, -0.15) is 0 Å². The molecule has 6 heteroatoms. The van der Waals surface area contributed by atoms with Crippen LogP contribution in [0, 0.1) is 0 Å². The molecule has 57 heavy (non-hydrogen) atoms. The molecular formula is C51H45N5S. The minimum absolute atomic E-state index is 0.0702. The number of nitrogens with zero attached hydrogens (tertiary/aromatic N) is 4. The smallest absolute Gasteiger partial charge is 0.144 e. The fraction of sp³-hybridized carbons (Fsp3) is 0.216. The zero-order chi connectivity index (χ0) is 37.9. The third kappa shape index (κ3) is 5.88. The van der Waals surface area contributed by atoms with Crippen molar-refractivity contribution in [3.63, 3.8) is 0 Å². The molecule has 0 radical (unpaired) electrons. The Labute approximate surface area is 338 Å². The third-order valence-electron chi connectivity index (χ3n) is 12.3. The number of aromatic nitrogens is 2. The molecule has 3 aromatic carbocycles. The fourth-order valence-corrected chi connectivity index (χ4v) is 11.0. The van der Waals surface area contributed by atoms with Crippen LogP contribution in [-0.2, 0) is 0 Å². The lowest BCUT2D eigenvalue weighted by Gasteiger charge is -2.40. The Morgan fingerprint density at radius 1 is 0.754 bits per heavy atom. The second-order valence-corrected chi connectivity index (χ2v) is 17.0. The minimum atomic E-state index is -0.373. The Kier molecular flexibility index (Phi) is 8.70. The number of allylic oxidation sites excluding steroid dienone is 9. The number of hydrogen-bond acceptors (Lipinski definition) is 5. The monoisotopic (exact) mass is 759 g/mol. The Balaban J connectivity index is 1.17. The molecule has 4 aliphatic carbocycles. The molecule has 3 unspecified atom stereocenters. The van der Waals surface area contributed by atoms with Gasteiger partial charge in [0.15, 0.2) is 0 Å². The van der Waals surface area contributed by atoms with Crippen molar-refractivity contribution in [3.8, 4) is 16.9 Å². The summed E-state index contributed by atoms with van der Waals surface area (Å²) < 4.78 is 2.46. The van der Waals surface area contributed by atoms with Crippen LogP contribution in [-0.4, -0.2) is 38.7 Å². The third-order valence-corrected chi connectivity index (χ3v) is 13.7. The summed E-state index contributed by atoms with van der Waals surface area (Å²) in [4.78, 5) is 14.9. The van der Waals surface area contributed by atoms with Crippen LogP contribution < -0.4 is 15.9 Å². The second-order valence-electron chi connectivity index (χ2n) is 15.8. The Bertz CT molecular complexity index is 2790. The van der Waals surface area contributed by atoms with Gasteiger partial charge in [-0.1, -0.05) is 128 Å². The molecule has 1 N–H and O–H groups in total. The van der Waals surface area contributed by atoms with E-state index in [4.69, 9.17) is 9.98 Å². The maximum Gasteiger partial charge on any atom is 0.144 e. The number of fused-ring (bicyclic) bond motifs is 7. The normalized spacial score (nSPS) is 23.2. The van der Waals surface area contributed by atoms with Gasteiger partial charge >= 0.3 is 0 Å². The summed E-state index contributed by atoms with van der Waals surface area (Å²) in [6.45, 7) is 0. The van der Waals surface area contributed by atoms with Crippen LogP contribution in [0.15, 0.2) is 155 Å². The molecular weight excluding hydrogens is 715 g/mol. The van der Waals surface area contributed by atoms with E-state index in [1.807, 2.05) is 11.8 Å². The average Bonchev–Trinajstić information content (AvgIpc) is 3.83. The number of pyridine rings is 1. The Morgan fingerprint density at radius 3 is 2.39 bits per heavy atom. The number of rotatable bonds is 6. The maximum absolute atomic E-state index is 5.64. The molecule has 0 bridgehead atoms. The van der Waals surface area contributed by atoms with Gasteiger partial charge in [0.2, 0.25) is 0 Å². The highest BCUT2D eigenvalue weighted by molar-refractivity contribution is 8.00. The summed E-state index contributed by atoms with van der Waals surface area (Å²) in [5.41, 5.74) is 10.9. The quantitative estimate of drug-likeness (QED) is 0.187. The summed E-state index contributed by atoms with van der Waals surface area (Å²) in [6, 6.07) is 26.6. The first-order valence-corrected chi connectivity index (χ1v) is 21.4. The predicted molar refractivity (Wildman–Crippen MR) is 238 cm³/mol. The first-order chi connectivity index (χ1) is 28.2. The molecule has 0 saturated heterocycles. The molecule has 0 amide bonds. The van der Waals surface area contributed by atoms with Gasteiger partial charge in [-0.05, 0) is 84.6 Å². The summed E-state index contributed by atoms with van der Waals surface area (Å²) >= 11 is 2.00. The minimum Gasteiger partial charge on any atom is -0.340 e. The van der Waals surface area contributed by atoms with Crippen LogP contribution in [0.5, 0.6) is 0 Å². The van der Waals surface area contributed by atoms with Gasteiger partial charge in [0.25, 0.3) is 0 Å². The van der Waals surface area contributed by atoms with E-state index in [0.717, 1.165) is 66.9 Å². The first-order valence-electron chi connectivity index (χ1n) is 20.6. The molecule has 0 fully saturated rings. The van der Waals surface area contributed by atoms with E-state index in [9.17, 15) is 0 Å². The summed E-state index contributed by atoms with van der Waals surface area (Å²) in [5, 5.41) is 8.44. The molecule has 0 spiro atoms. The number of aliphatic imine (C=N–C) groups is 1. The van der Waals surface area contributed by atoms with Gasteiger partial charge in [0, 0.05) is 56.6 Å². The van der Waals surface area contributed by atoms with E-state index in [1.165, 1.54) is 54.2 Å². The van der Waals surface area contributed by atoms with E-state index < -0.39 is 0 Å². The largest absolute Gasteiger partial charge is 0.340 e. The molecule has 2 aromatic heterocycles. The maximum atomic E-state index is 5.64. The highest BCUT2D eigenvalue weighted by atomic mass is 32.2. The van der Waals surface area contributed by atoms with Gasteiger partial charge in [-0.25, -0.2) is 9.98 Å². The van der Waals surface area contributed by atoms with Gasteiger partial charge in [0.1, 0.15) is 24.0 Å². The molecule has 280 valence electrons. The number of benzene rings is 3. The topological polar surface area (TPSA) is 45.5 Å². The number of nitrogens with one attached hydrogen (secondary N) is 1. The summed E-state index contributed by atoms with van der Waals surface area (Å²) in [5.74, 6) is 2.25. The van der Waals surface area contributed by atoms with Crippen molar-refractivity contribution in [2.45, 2.75) is 66.9 Å². The zero-order valence-electron chi connectivity index (χ0n) is 32.2. The lowest BCUT2D eigenvalue weighted by molar-refractivity contribution is 0.290. The van der Waals surface area contributed by atoms with E-state index in [2.05, 4.69) is 174 Å². The molecule has 4 heterocycles. The van der Waals surface area contributed by atoms with Crippen molar-refractivity contribution in [1.82, 2.24) is 19.8 Å². The van der Waals surface area contributed by atoms with Crippen LogP contribution in [0.1, 0.15) is 72.9 Å². The second kappa shape index (κ2) is 14.4.